The molecule has 1 aromatic carbocycles. The van der Waals surface area contributed by atoms with Gasteiger partial charge in [0.2, 0.25) is 0 Å². The molecule has 1 aromatic rings. The fraction of sp³-hybridized carbons (Fsp3) is 0.684. The van der Waals surface area contributed by atoms with Crippen molar-refractivity contribution in [1.29, 1.82) is 0 Å². The number of nitrogens with one attached hydrogen (secondary N) is 1. The van der Waals surface area contributed by atoms with Gasteiger partial charge in [-0.3, -0.25) is 0 Å². The van der Waals surface area contributed by atoms with Crippen molar-refractivity contribution < 1.29 is 28.0 Å². The van der Waals surface area contributed by atoms with Gasteiger partial charge in [-0.15, -0.1) is 5.06 Å². The van der Waals surface area contributed by atoms with Crippen molar-refractivity contribution in [2.45, 2.75) is 65.7 Å². The highest BCUT2D eigenvalue weighted by Crippen LogP contribution is 2.36. The van der Waals surface area contributed by atoms with Crippen LogP contribution in [0.25, 0.3) is 0 Å². The molecule has 1 heterocycles. The average molecular weight is 415 g/mol. The molecular weight excluding hydrogens is 380 g/mol. The molecule has 9 heteroatoms. The average Bonchev–Trinajstić information content (AvgIpc) is 2.74. The van der Waals surface area contributed by atoms with E-state index in [4.69, 9.17) is 17.7 Å². The maximum absolute atomic E-state index is 12.9. The summed E-state index contributed by atoms with van der Waals surface area (Å²) in [4.78, 5) is 0. The van der Waals surface area contributed by atoms with Crippen molar-refractivity contribution in [3.8, 4) is 5.75 Å². The number of nitrogens with zero attached hydrogens (tertiary/aromatic N) is 1. The lowest BCUT2D eigenvalue weighted by molar-refractivity contribution is -0.925. The predicted molar refractivity (Wildman–Crippen MR) is 107 cm³/mol. The maximum Gasteiger partial charge on any atom is 0.749 e. The van der Waals surface area contributed by atoms with E-state index in [2.05, 4.69) is 0 Å². The van der Waals surface area contributed by atoms with Crippen molar-refractivity contribution in [3.05, 3.63) is 35.0 Å². The van der Waals surface area contributed by atoms with E-state index in [1.165, 1.54) is 0 Å². The Hall–Kier alpha value is -1.04. The van der Waals surface area contributed by atoms with E-state index in [1.807, 2.05) is 48.5 Å². The number of hydrogen-bond donors (Lipinski definition) is 2. The zero-order valence-electron chi connectivity index (χ0n) is 17.9. The first-order valence-electron chi connectivity index (χ1n) is 9.79. The van der Waals surface area contributed by atoms with E-state index in [9.17, 15) is 10.4 Å². The molecule has 0 amide bonds. The Labute approximate surface area is 169 Å². The maximum atomic E-state index is 12.9. The molecule has 8 nitrogen and oxygen atoms in total. The molecule has 0 saturated carbocycles. The Balaban J connectivity index is 2.25. The van der Waals surface area contributed by atoms with Crippen LogP contribution in [0.5, 0.6) is 5.75 Å². The second-order valence-corrected chi connectivity index (χ2v) is 9.84. The quantitative estimate of drug-likeness (QED) is 0.473. The van der Waals surface area contributed by atoms with Gasteiger partial charge in [-0.2, -0.15) is 0 Å². The standard InChI is InChI=1S/C19H34N2O6Si/c1-8-24-28(25-9-2,26-10-3)27-16-13-11-15(12-14-16)17-20(22)18(4,5)19(6,7)21(17)23/h11-14,17,20,23H,8-10H2,1-7H3. The van der Waals surface area contributed by atoms with E-state index >= 15 is 0 Å². The Morgan fingerprint density at radius 3 is 1.82 bits per heavy atom. The number of quaternary nitrogens is 1. The van der Waals surface area contributed by atoms with Gasteiger partial charge in [0.25, 0.3) is 0 Å². The molecule has 1 aliphatic rings. The van der Waals surface area contributed by atoms with Crippen LogP contribution < -0.4 is 9.49 Å². The molecule has 1 fully saturated rings. The zero-order valence-corrected chi connectivity index (χ0v) is 18.9. The second kappa shape index (κ2) is 8.76. The summed E-state index contributed by atoms with van der Waals surface area (Å²) in [6.07, 6.45) is -0.716. The fourth-order valence-corrected chi connectivity index (χ4v) is 5.17. The summed E-state index contributed by atoms with van der Waals surface area (Å²) >= 11 is 0. The summed E-state index contributed by atoms with van der Waals surface area (Å²) in [5, 5.41) is 24.7. The van der Waals surface area contributed by atoms with Crippen LogP contribution in [0.4, 0.5) is 0 Å². The molecule has 2 rings (SSSR count). The number of hydrogen-bond acceptors (Lipinski definition) is 7. The van der Waals surface area contributed by atoms with Gasteiger partial charge >= 0.3 is 9.05 Å². The van der Waals surface area contributed by atoms with Crippen LogP contribution in [0.2, 0.25) is 0 Å². The second-order valence-electron chi connectivity index (χ2n) is 7.77. The van der Waals surface area contributed by atoms with Crippen LogP contribution >= 0.6 is 0 Å². The summed E-state index contributed by atoms with van der Waals surface area (Å²) in [5.41, 5.74) is -0.650. The summed E-state index contributed by atoms with van der Waals surface area (Å²) in [6.45, 7) is 14.3. The molecule has 0 spiro atoms. The number of benzene rings is 1. The summed E-state index contributed by atoms with van der Waals surface area (Å²) in [7, 11) is -3.29. The molecule has 0 radical (unpaired) electrons. The number of hydroxylamine groups is 4. The van der Waals surface area contributed by atoms with Gasteiger partial charge in [-0.25, -0.2) is 0 Å². The molecule has 1 aliphatic heterocycles. The lowest BCUT2D eigenvalue weighted by atomic mass is 9.84. The summed E-state index contributed by atoms with van der Waals surface area (Å²) in [6, 6.07) is 7.05. The monoisotopic (exact) mass is 414 g/mol. The highest BCUT2D eigenvalue weighted by atomic mass is 28.4. The van der Waals surface area contributed by atoms with Crippen LogP contribution in [-0.4, -0.2) is 50.2 Å². The summed E-state index contributed by atoms with van der Waals surface area (Å²) in [5.74, 6) is 0.527. The minimum absolute atomic E-state index is 0.0182. The SMILES string of the molecule is CCO[Si](OCC)(OCC)Oc1ccc(C2N(O)C(C)(C)C(C)(C)[NH+]2[O-])cc1. The molecule has 28 heavy (non-hydrogen) atoms. The lowest BCUT2D eigenvalue weighted by Crippen LogP contribution is -3.14. The van der Waals surface area contributed by atoms with Gasteiger partial charge in [0.1, 0.15) is 16.8 Å². The molecule has 2 atom stereocenters. The van der Waals surface area contributed by atoms with E-state index < -0.39 is 26.3 Å². The Bertz CT molecular complexity index is 603. The molecule has 0 bridgehead atoms. The summed E-state index contributed by atoms with van der Waals surface area (Å²) < 4.78 is 23.1. The third kappa shape index (κ3) is 4.12. The molecule has 0 aliphatic carbocycles. The van der Waals surface area contributed by atoms with E-state index in [0.29, 0.717) is 31.1 Å². The van der Waals surface area contributed by atoms with E-state index in [-0.39, 0.29) is 5.06 Å². The van der Waals surface area contributed by atoms with Crippen LogP contribution in [0.1, 0.15) is 60.2 Å². The first kappa shape index (κ1) is 23.2. The Kier molecular flexibility index (Phi) is 7.27. The van der Waals surface area contributed by atoms with Crippen molar-refractivity contribution in [2.24, 2.45) is 0 Å². The zero-order chi connectivity index (χ0) is 21.2. The van der Waals surface area contributed by atoms with Gasteiger partial charge in [0.05, 0.1) is 0 Å². The highest BCUT2D eigenvalue weighted by molar-refractivity contribution is 6.54. The largest absolute Gasteiger partial charge is 0.749 e. The molecular formula is C19H34N2O6Si. The highest BCUT2D eigenvalue weighted by Gasteiger charge is 2.59. The van der Waals surface area contributed by atoms with Crippen LogP contribution in [0, 0.1) is 5.21 Å². The van der Waals surface area contributed by atoms with Crippen molar-refractivity contribution in [1.82, 2.24) is 5.06 Å². The predicted octanol–water partition coefficient (Wildman–Crippen LogP) is 2.25. The van der Waals surface area contributed by atoms with Crippen LogP contribution in [-0.2, 0) is 13.3 Å². The van der Waals surface area contributed by atoms with Gasteiger partial charge in [0, 0.05) is 25.4 Å². The lowest BCUT2D eigenvalue weighted by Gasteiger charge is -2.39. The third-order valence-corrected chi connectivity index (χ3v) is 8.03. The smallest absolute Gasteiger partial charge is 0.632 e. The normalized spacial score (nSPS) is 24.5. The van der Waals surface area contributed by atoms with E-state index in [1.54, 1.807) is 24.3 Å². The Morgan fingerprint density at radius 1 is 1.00 bits per heavy atom. The fourth-order valence-electron chi connectivity index (χ4n) is 3.26. The topological polar surface area (TPSA) is 87.9 Å². The Morgan fingerprint density at radius 2 is 1.46 bits per heavy atom. The first-order valence-corrected chi connectivity index (χ1v) is 11.4. The van der Waals surface area contributed by atoms with Crippen LogP contribution in [0.3, 0.4) is 0 Å². The number of rotatable bonds is 9. The molecule has 2 unspecified atom stereocenters. The van der Waals surface area contributed by atoms with Gasteiger partial charge in [0.15, 0.2) is 6.17 Å². The minimum Gasteiger partial charge on any atom is -0.632 e. The van der Waals surface area contributed by atoms with Gasteiger partial charge in [-0.1, -0.05) is 0 Å². The third-order valence-electron chi connectivity index (χ3n) is 5.61. The van der Waals surface area contributed by atoms with Crippen molar-refractivity contribution in [2.75, 3.05) is 19.8 Å². The van der Waals surface area contributed by atoms with Gasteiger partial charge < -0.3 is 33.2 Å². The first-order chi connectivity index (χ1) is 13.1. The molecule has 0 aromatic heterocycles. The van der Waals surface area contributed by atoms with Crippen molar-refractivity contribution >= 4 is 9.05 Å². The minimum atomic E-state index is -3.29. The molecule has 160 valence electrons. The molecule has 2 N–H and O–H groups in total. The van der Waals surface area contributed by atoms with Crippen LogP contribution in [0.15, 0.2) is 24.3 Å². The van der Waals surface area contributed by atoms with Gasteiger partial charge in [-0.05, 0) is 72.7 Å². The molecule has 1 saturated heterocycles. The van der Waals surface area contributed by atoms with E-state index in [0.717, 1.165) is 5.06 Å². The van der Waals surface area contributed by atoms with Crippen molar-refractivity contribution in [3.63, 3.8) is 0 Å².